The van der Waals surface area contributed by atoms with E-state index in [2.05, 4.69) is 15.3 Å². The Hall–Kier alpha value is -4.63. The number of nitrogens with zero attached hydrogens (tertiary/aromatic N) is 3. The summed E-state index contributed by atoms with van der Waals surface area (Å²) in [4.78, 5) is 58.9. The van der Waals surface area contributed by atoms with Crippen LogP contribution in [0, 0.1) is 36.5 Å². The number of fused-ring (bicyclic) bond motifs is 14. The van der Waals surface area contributed by atoms with Crippen LogP contribution in [0.5, 0.6) is 11.5 Å². The minimum atomic E-state index is -2.00. The molecule has 1 amide bonds. The van der Waals surface area contributed by atoms with E-state index in [1.54, 1.807) is 44.0 Å². The van der Waals surface area contributed by atoms with E-state index in [1.807, 2.05) is 20.9 Å². The zero-order chi connectivity index (χ0) is 40.7. The third kappa shape index (κ3) is 7.91. The van der Waals surface area contributed by atoms with Gasteiger partial charge in [-0.3, -0.25) is 24.2 Å². The third-order valence-corrected chi connectivity index (χ3v) is 11.7. The lowest BCUT2D eigenvalue weighted by molar-refractivity contribution is -0.116. The van der Waals surface area contributed by atoms with Gasteiger partial charge in [-0.1, -0.05) is 52.8 Å². The smallest absolute Gasteiger partial charge is 0.312 e. The molecule has 5 aliphatic rings. The zero-order valence-corrected chi connectivity index (χ0v) is 33.0. The second-order valence-corrected chi connectivity index (χ2v) is 15.7. The molecule has 6 rings (SSSR count). The molecular weight excluding hydrogens is 708 g/mol. The summed E-state index contributed by atoms with van der Waals surface area (Å²) in [6, 6.07) is 0. The summed E-state index contributed by atoms with van der Waals surface area (Å²) in [7, 11) is 1.97. The first kappa shape index (κ1) is 41.5. The number of hydrazone groups is 1. The number of phenols is 1. The van der Waals surface area contributed by atoms with Gasteiger partial charge in [0.05, 0.1) is 53.1 Å². The first-order valence-corrected chi connectivity index (χ1v) is 18.8. The highest BCUT2D eigenvalue weighted by Gasteiger charge is 2.52. The Morgan fingerprint density at radius 2 is 1.45 bits per heavy atom. The first-order valence-electron chi connectivity index (χ1n) is 18.8. The Bertz CT molecular complexity index is 1890. The van der Waals surface area contributed by atoms with Crippen molar-refractivity contribution in [3.8, 4) is 11.5 Å². The Morgan fingerprint density at radius 1 is 0.836 bits per heavy atom. The molecule has 14 heteroatoms. The summed E-state index contributed by atoms with van der Waals surface area (Å²) in [5.41, 5.74) is -1.60. The Labute approximate surface area is 321 Å². The molecule has 0 spiro atoms. The first-order chi connectivity index (χ1) is 25.8. The van der Waals surface area contributed by atoms with Crippen LogP contribution < -0.4 is 10.1 Å². The van der Waals surface area contributed by atoms with Gasteiger partial charge in [0.2, 0.25) is 5.78 Å². The summed E-state index contributed by atoms with van der Waals surface area (Å²) >= 11 is 0. The number of hydrogen-bond donors (Lipinski definition) is 5. The molecule has 5 bridgehead atoms. The van der Waals surface area contributed by atoms with Crippen molar-refractivity contribution in [2.45, 2.75) is 79.5 Å². The molecule has 0 aromatic heterocycles. The van der Waals surface area contributed by atoms with Crippen LogP contribution in [-0.4, -0.2) is 117 Å². The molecule has 0 unspecified atom stereocenters. The molecule has 1 aromatic carbocycles. The number of nitrogens with one attached hydrogen (secondary N) is 1. The average molecular weight is 763 g/mol. The second kappa shape index (κ2) is 16.2. The van der Waals surface area contributed by atoms with Crippen molar-refractivity contribution in [1.29, 1.82) is 0 Å². The van der Waals surface area contributed by atoms with E-state index < -0.39 is 88.0 Å². The molecule has 0 radical (unpaired) electrons. The number of ether oxygens (including phenoxy) is 2. The molecule has 1 fully saturated rings. The van der Waals surface area contributed by atoms with E-state index in [-0.39, 0.29) is 39.5 Å². The van der Waals surface area contributed by atoms with Crippen molar-refractivity contribution in [1.82, 2.24) is 15.2 Å². The highest BCUT2D eigenvalue weighted by Crippen LogP contribution is 2.48. The van der Waals surface area contributed by atoms with Gasteiger partial charge in [0.1, 0.15) is 17.2 Å². The van der Waals surface area contributed by atoms with E-state index in [0.29, 0.717) is 26.2 Å². The SMILES string of the molecule is C/C1=C/C=C/[C@H](C)[C@H](O)[C@@H](C)[C@@H](O)[C@@H](C)[C@H](O)[C@H](C)[C@@H](C)/C=C/O[C@@]2(C)Oc3c(C)c(O)c4c(c3C2=O)C(=O)C(/C=N\N2CCN(C)CC2)=C(NC1=O)C4=O. The number of rotatable bonds is 2. The third-order valence-electron chi connectivity index (χ3n) is 11.7. The summed E-state index contributed by atoms with van der Waals surface area (Å²) < 4.78 is 11.9. The van der Waals surface area contributed by atoms with Crippen LogP contribution in [0.15, 0.2) is 52.5 Å². The molecule has 4 heterocycles. The fourth-order valence-corrected chi connectivity index (χ4v) is 7.37. The van der Waals surface area contributed by atoms with Crippen LogP contribution in [0.2, 0.25) is 0 Å². The van der Waals surface area contributed by atoms with Gasteiger partial charge in [-0.05, 0) is 38.8 Å². The van der Waals surface area contributed by atoms with Crippen LogP contribution in [0.25, 0.3) is 0 Å². The number of aromatic hydroxyl groups is 1. The van der Waals surface area contributed by atoms with Crippen LogP contribution in [-0.2, 0) is 9.53 Å². The highest BCUT2D eigenvalue weighted by molar-refractivity contribution is 6.37. The normalized spacial score (nSPS) is 35.0. The van der Waals surface area contributed by atoms with Gasteiger partial charge >= 0.3 is 5.79 Å². The summed E-state index contributed by atoms with van der Waals surface area (Å²) in [6.07, 6.45) is 5.79. The minimum Gasteiger partial charge on any atom is -0.507 e. The number of carbonyl (C=O) groups excluding carboxylic acids is 4. The number of likely N-dealkylation sites (N-methyl/N-ethyl adjacent to an activating group) is 1. The van der Waals surface area contributed by atoms with E-state index in [4.69, 9.17) is 9.47 Å². The van der Waals surface area contributed by atoms with Gasteiger partial charge in [-0.2, -0.15) is 5.10 Å². The molecule has 4 aliphatic heterocycles. The van der Waals surface area contributed by atoms with Crippen LogP contribution in [0.4, 0.5) is 0 Å². The van der Waals surface area contributed by atoms with Gasteiger partial charge in [0.15, 0.2) is 5.78 Å². The molecule has 55 heavy (non-hydrogen) atoms. The molecular formula is C41H54N4O10. The second-order valence-electron chi connectivity index (χ2n) is 15.7. The maximum absolute atomic E-state index is 14.5. The number of piperazine rings is 1. The lowest BCUT2D eigenvalue weighted by Crippen LogP contribution is -2.43. The fourth-order valence-electron chi connectivity index (χ4n) is 7.37. The number of benzene rings is 1. The predicted molar refractivity (Wildman–Crippen MR) is 205 cm³/mol. The van der Waals surface area contributed by atoms with Crippen molar-refractivity contribution in [2.75, 3.05) is 33.2 Å². The lowest BCUT2D eigenvalue weighted by atomic mass is 9.77. The topological polar surface area (TPSA) is 199 Å². The number of ketones is 3. The van der Waals surface area contributed by atoms with Crippen molar-refractivity contribution >= 4 is 29.5 Å². The lowest BCUT2D eigenvalue weighted by Gasteiger charge is -2.35. The Balaban J connectivity index is 1.64. The van der Waals surface area contributed by atoms with Gasteiger partial charge in [0.25, 0.3) is 11.7 Å². The molecule has 1 aliphatic carbocycles. The van der Waals surface area contributed by atoms with Gasteiger partial charge < -0.3 is 40.1 Å². The van der Waals surface area contributed by atoms with Gasteiger partial charge in [-0.15, -0.1) is 0 Å². The predicted octanol–water partition coefficient (Wildman–Crippen LogP) is 3.28. The monoisotopic (exact) mass is 762 g/mol. The Kier molecular flexibility index (Phi) is 12.3. The number of hydrogen-bond acceptors (Lipinski definition) is 13. The molecule has 298 valence electrons. The van der Waals surface area contributed by atoms with Gasteiger partial charge in [-0.25, -0.2) is 0 Å². The fraction of sp³-hybridized carbons (Fsp3) is 0.537. The van der Waals surface area contributed by atoms with Crippen LogP contribution >= 0.6 is 0 Å². The number of allylic oxidation sites excluding steroid dienone is 5. The maximum Gasteiger partial charge on any atom is 0.312 e. The number of Topliss-reactive ketones (excluding diaryl/α,β-unsaturated/α-hetero) is 3. The number of phenolic OH excluding ortho intramolecular Hbond substituents is 1. The molecule has 1 saturated heterocycles. The number of carbonyl (C=O) groups is 4. The van der Waals surface area contributed by atoms with Crippen molar-refractivity contribution in [3.05, 3.63) is 69.7 Å². The molecule has 5 N–H and O–H groups in total. The number of amides is 1. The average Bonchev–Trinajstić information content (AvgIpc) is 3.42. The number of aliphatic hydroxyl groups is 3. The summed E-state index contributed by atoms with van der Waals surface area (Å²) in [6.45, 7) is 15.6. The van der Waals surface area contributed by atoms with Gasteiger partial charge in [0, 0.05) is 62.0 Å². The van der Waals surface area contributed by atoms with Crippen molar-refractivity contribution < 1.29 is 49.1 Å². The molecule has 0 saturated carbocycles. The molecule has 9 atom stereocenters. The maximum atomic E-state index is 14.5. The molecule has 14 nitrogen and oxygen atoms in total. The zero-order valence-electron chi connectivity index (χ0n) is 33.0. The van der Waals surface area contributed by atoms with E-state index >= 15 is 0 Å². The van der Waals surface area contributed by atoms with E-state index in [1.165, 1.54) is 39.3 Å². The van der Waals surface area contributed by atoms with E-state index in [0.717, 1.165) is 0 Å². The number of aliphatic hydroxyl groups excluding tert-OH is 3. The summed E-state index contributed by atoms with van der Waals surface area (Å²) in [5, 5.41) is 53.9. The Morgan fingerprint density at radius 3 is 2.11 bits per heavy atom. The highest BCUT2D eigenvalue weighted by atomic mass is 16.7. The largest absolute Gasteiger partial charge is 0.507 e. The standard InChI is InChI=1S/C41H54N4O10/c1-20-13-18-54-41(8)39(52)30-28-29(35(49)26(7)38(30)55-41)37(51)31(27(36(28)50)19-42-45-16-14-44(9)15-17-45)43-40(53)22(3)12-10-11-21(2)32(46)24(5)34(48)25(6)33(47)23(20)4/h10-13,18-21,23-25,32-34,46-49H,14-17H2,1-9H3,(H,43,53)/b11-10+,18-13+,22-12-,42-19-/t20-,21-,23+,24+,25-,32-,33+,34+,41-/m0/s1. The van der Waals surface area contributed by atoms with Crippen molar-refractivity contribution in [2.24, 2.45) is 34.7 Å². The minimum absolute atomic E-state index is 0.0229. The van der Waals surface area contributed by atoms with Crippen LogP contribution in [0.1, 0.15) is 85.1 Å². The van der Waals surface area contributed by atoms with E-state index in [9.17, 15) is 39.6 Å². The summed E-state index contributed by atoms with van der Waals surface area (Å²) in [5.74, 6) is -8.37. The molecule has 1 aromatic rings. The van der Waals surface area contributed by atoms with Crippen molar-refractivity contribution in [3.63, 3.8) is 0 Å². The quantitative estimate of drug-likeness (QED) is 0.276. The van der Waals surface area contributed by atoms with Crippen LogP contribution in [0.3, 0.4) is 0 Å².